The second-order valence-corrected chi connectivity index (χ2v) is 5.49. The van der Waals surface area contributed by atoms with Crippen molar-refractivity contribution in [1.29, 1.82) is 0 Å². The molecule has 0 bridgehead atoms. The van der Waals surface area contributed by atoms with Crippen LogP contribution in [-0.4, -0.2) is 25.2 Å². The Kier molecular flexibility index (Phi) is 5.84. The van der Waals surface area contributed by atoms with Gasteiger partial charge >= 0.3 is 0 Å². The van der Waals surface area contributed by atoms with Crippen molar-refractivity contribution in [3.63, 3.8) is 0 Å². The number of anilines is 2. The highest BCUT2D eigenvalue weighted by atomic mass is 35.5. The van der Waals surface area contributed by atoms with Gasteiger partial charge in [-0.1, -0.05) is 35.9 Å². The van der Waals surface area contributed by atoms with E-state index in [1.54, 1.807) is 0 Å². The lowest BCUT2D eigenvalue weighted by Crippen LogP contribution is -2.35. The third-order valence-corrected chi connectivity index (χ3v) is 3.49. The van der Waals surface area contributed by atoms with Gasteiger partial charge in [0.1, 0.15) is 0 Å². The molecule has 0 atom stereocenters. The van der Waals surface area contributed by atoms with Crippen LogP contribution in [0.1, 0.15) is 0 Å². The fourth-order valence-corrected chi connectivity index (χ4v) is 2.30. The second-order valence-electron chi connectivity index (χ2n) is 4.65. The molecule has 0 aliphatic heterocycles. The molecule has 0 heterocycles. The number of halogens is 1. The summed E-state index contributed by atoms with van der Waals surface area (Å²) in [4.78, 5) is 2.18. The first-order valence-electron chi connectivity index (χ1n) is 6.72. The van der Waals surface area contributed by atoms with Gasteiger partial charge in [0.05, 0.1) is 0 Å². The number of para-hydroxylation sites is 1. The largest absolute Gasteiger partial charge is 0.373 e. The summed E-state index contributed by atoms with van der Waals surface area (Å²) in [6, 6.07) is 17.7. The molecule has 2 N–H and O–H groups in total. The Bertz CT molecular complexity index is 589. The number of nitrogens with zero attached hydrogens (tertiary/aromatic N) is 1. The molecule has 2 aromatic rings. The molecule has 2 rings (SSSR count). The molecule has 110 valence electrons. The number of hydrogen-bond donors (Lipinski definition) is 2. The molecule has 0 unspecified atom stereocenters. The van der Waals surface area contributed by atoms with Crippen LogP contribution in [0.25, 0.3) is 0 Å². The zero-order chi connectivity index (χ0) is 15.1. The smallest absolute Gasteiger partial charge is 0.170 e. The molecule has 0 saturated heterocycles. The Morgan fingerprint density at radius 2 is 1.90 bits per heavy atom. The Morgan fingerprint density at radius 3 is 2.62 bits per heavy atom. The zero-order valence-corrected chi connectivity index (χ0v) is 13.4. The Morgan fingerprint density at radius 1 is 1.14 bits per heavy atom. The molecule has 0 saturated carbocycles. The summed E-state index contributed by atoms with van der Waals surface area (Å²) in [7, 11) is 2.06. The van der Waals surface area contributed by atoms with Crippen molar-refractivity contribution >= 4 is 40.3 Å². The quantitative estimate of drug-likeness (QED) is 0.821. The van der Waals surface area contributed by atoms with Crippen LogP contribution in [-0.2, 0) is 0 Å². The third-order valence-electron chi connectivity index (χ3n) is 3.01. The maximum Gasteiger partial charge on any atom is 0.170 e. The average Bonchev–Trinajstić information content (AvgIpc) is 2.48. The molecule has 0 radical (unpaired) electrons. The number of hydrogen-bond acceptors (Lipinski definition) is 2. The standard InChI is InChI=1S/C16H18ClN3S/c1-20(15-8-3-2-4-9-15)11-10-18-16(21)19-14-7-5-6-13(17)12-14/h2-9,12H,10-11H2,1H3,(H2,18,19,21). The van der Waals surface area contributed by atoms with Crippen LogP contribution in [0.5, 0.6) is 0 Å². The monoisotopic (exact) mass is 319 g/mol. The summed E-state index contributed by atoms with van der Waals surface area (Å²) >= 11 is 11.2. The maximum absolute atomic E-state index is 5.93. The fourth-order valence-electron chi connectivity index (χ4n) is 1.89. The fraction of sp³-hybridized carbons (Fsp3) is 0.188. The van der Waals surface area contributed by atoms with Crippen LogP contribution >= 0.6 is 23.8 Å². The van der Waals surface area contributed by atoms with E-state index in [4.69, 9.17) is 23.8 Å². The van der Waals surface area contributed by atoms with Crippen LogP contribution in [0.4, 0.5) is 11.4 Å². The normalized spacial score (nSPS) is 10.0. The van der Waals surface area contributed by atoms with E-state index in [1.165, 1.54) is 5.69 Å². The molecule has 2 aromatic carbocycles. The predicted octanol–water partition coefficient (Wildman–Crippen LogP) is 3.76. The van der Waals surface area contributed by atoms with Gasteiger partial charge in [-0.2, -0.15) is 0 Å². The summed E-state index contributed by atoms with van der Waals surface area (Å²) in [5.41, 5.74) is 2.07. The van der Waals surface area contributed by atoms with Crippen molar-refractivity contribution in [1.82, 2.24) is 5.32 Å². The second kappa shape index (κ2) is 7.86. The number of thiocarbonyl (C=S) groups is 1. The van der Waals surface area contributed by atoms with Crippen molar-refractivity contribution in [2.75, 3.05) is 30.4 Å². The lowest BCUT2D eigenvalue weighted by Gasteiger charge is -2.20. The molecule has 0 amide bonds. The molecule has 0 aliphatic rings. The van der Waals surface area contributed by atoms with Crippen molar-refractivity contribution in [3.05, 3.63) is 59.6 Å². The lowest BCUT2D eigenvalue weighted by molar-refractivity contribution is 0.827. The summed E-state index contributed by atoms with van der Waals surface area (Å²) in [6.07, 6.45) is 0. The highest BCUT2D eigenvalue weighted by molar-refractivity contribution is 7.80. The van der Waals surface area contributed by atoms with Gasteiger partial charge in [0, 0.05) is 36.5 Å². The van der Waals surface area contributed by atoms with E-state index in [2.05, 4.69) is 34.7 Å². The van der Waals surface area contributed by atoms with E-state index in [1.807, 2.05) is 42.5 Å². The van der Waals surface area contributed by atoms with Crippen molar-refractivity contribution < 1.29 is 0 Å². The lowest BCUT2D eigenvalue weighted by atomic mass is 10.3. The van der Waals surface area contributed by atoms with Crippen molar-refractivity contribution in [2.24, 2.45) is 0 Å². The first kappa shape index (κ1) is 15.6. The average molecular weight is 320 g/mol. The van der Waals surface area contributed by atoms with Crippen LogP contribution in [0.2, 0.25) is 5.02 Å². The molecule has 3 nitrogen and oxygen atoms in total. The molecule has 5 heteroatoms. The van der Waals surface area contributed by atoms with Crippen LogP contribution in [0.3, 0.4) is 0 Å². The van der Waals surface area contributed by atoms with Gasteiger partial charge in [-0.3, -0.25) is 0 Å². The van der Waals surface area contributed by atoms with Gasteiger partial charge in [-0.25, -0.2) is 0 Å². The molecule has 0 fully saturated rings. The molecule has 21 heavy (non-hydrogen) atoms. The summed E-state index contributed by atoms with van der Waals surface area (Å²) in [5.74, 6) is 0. The number of rotatable bonds is 5. The maximum atomic E-state index is 5.93. The van der Waals surface area contributed by atoms with Crippen LogP contribution < -0.4 is 15.5 Å². The minimum absolute atomic E-state index is 0.596. The third kappa shape index (κ3) is 5.25. The summed E-state index contributed by atoms with van der Waals surface area (Å²) in [5, 5.41) is 7.58. The van der Waals surface area contributed by atoms with Gasteiger partial charge in [0.15, 0.2) is 5.11 Å². The Hall–Kier alpha value is -1.78. The van der Waals surface area contributed by atoms with E-state index >= 15 is 0 Å². The number of benzene rings is 2. The predicted molar refractivity (Wildman–Crippen MR) is 95.4 cm³/mol. The van der Waals surface area contributed by atoms with E-state index < -0.39 is 0 Å². The van der Waals surface area contributed by atoms with Gasteiger partial charge in [-0.05, 0) is 42.5 Å². The van der Waals surface area contributed by atoms with Gasteiger partial charge < -0.3 is 15.5 Å². The first-order chi connectivity index (χ1) is 10.1. The van der Waals surface area contributed by atoms with Crippen molar-refractivity contribution in [2.45, 2.75) is 0 Å². The Balaban J connectivity index is 1.74. The molecule has 0 spiro atoms. The molecule has 0 aromatic heterocycles. The van der Waals surface area contributed by atoms with E-state index in [0.717, 1.165) is 18.8 Å². The zero-order valence-electron chi connectivity index (χ0n) is 11.8. The first-order valence-corrected chi connectivity index (χ1v) is 7.50. The van der Waals surface area contributed by atoms with Gasteiger partial charge in [0.25, 0.3) is 0 Å². The number of likely N-dealkylation sites (N-methyl/N-ethyl adjacent to an activating group) is 1. The topological polar surface area (TPSA) is 27.3 Å². The minimum atomic E-state index is 0.596. The number of nitrogens with one attached hydrogen (secondary N) is 2. The SMILES string of the molecule is CN(CCNC(=S)Nc1cccc(Cl)c1)c1ccccc1. The Labute approximate surface area is 135 Å². The van der Waals surface area contributed by atoms with E-state index in [9.17, 15) is 0 Å². The summed E-state index contributed by atoms with van der Waals surface area (Å²) in [6.45, 7) is 1.62. The molecular weight excluding hydrogens is 302 g/mol. The van der Waals surface area contributed by atoms with Gasteiger partial charge in [-0.15, -0.1) is 0 Å². The van der Waals surface area contributed by atoms with E-state index in [0.29, 0.717) is 10.1 Å². The van der Waals surface area contributed by atoms with Gasteiger partial charge in [0.2, 0.25) is 0 Å². The van der Waals surface area contributed by atoms with Crippen LogP contribution in [0.15, 0.2) is 54.6 Å². The van der Waals surface area contributed by atoms with E-state index in [-0.39, 0.29) is 0 Å². The highest BCUT2D eigenvalue weighted by Crippen LogP contribution is 2.14. The molecule has 0 aliphatic carbocycles. The van der Waals surface area contributed by atoms with Crippen molar-refractivity contribution in [3.8, 4) is 0 Å². The summed E-state index contributed by atoms with van der Waals surface area (Å²) < 4.78 is 0. The molecular formula is C16H18ClN3S. The van der Waals surface area contributed by atoms with Crippen LogP contribution in [0, 0.1) is 0 Å². The minimum Gasteiger partial charge on any atom is -0.373 e. The highest BCUT2D eigenvalue weighted by Gasteiger charge is 2.01.